The lowest BCUT2D eigenvalue weighted by molar-refractivity contribution is -0.0548. The molecule has 0 aliphatic carbocycles. The Bertz CT molecular complexity index is 1740. The van der Waals surface area contributed by atoms with E-state index in [1.807, 2.05) is 24.3 Å². The fourth-order valence-corrected chi connectivity index (χ4v) is 4.44. The number of benzene rings is 4. The van der Waals surface area contributed by atoms with E-state index in [-0.39, 0.29) is 27.8 Å². The minimum absolute atomic E-state index is 0.0597. The lowest BCUT2D eigenvalue weighted by Crippen LogP contribution is -2.12. The highest BCUT2D eigenvalue weighted by Crippen LogP contribution is 2.30. The number of carbonyl (C=O) groups is 5. The summed E-state index contributed by atoms with van der Waals surface area (Å²) in [6, 6.07) is 22.8. The number of rotatable bonds is 5. The Morgan fingerprint density at radius 2 is 1.10 bits per heavy atom. The number of cyclic esters (lactones) is 3. The molecule has 196 valence electrons. The van der Waals surface area contributed by atoms with Crippen LogP contribution in [0, 0.1) is 0 Å². The number of amides is 2. The Kier molecular flexibility index (Phi) is 5.93. The summed E-state index contributed by atoms with van der Waals surface area (Å²) >= 11 is 0. The average molecular weight is 534 g/mol. The third kappa shape index (κ3) is 4.48. The van der Waals surface area contributed by atoms with Gasteiger partial charge in [-0.25, -0.2) is 14.4 Å². The zero-order valence-electron chi connectivity index (χ0n) is 20.5. The molecule has 2 aliphatic rings. The van der Waals surface area contributed by atoms with Crippen LogP contribution in [0.15, 0.2) is 84.9 Å². The first-order chi connectivity index (χ1) is 19.3. The molecule has 0 radical (unpaired) electrons. The van der Waals surface area contributed by atoms with Gasteiger partial charge >= 0.3 is 17.9 Å². The Morgan fingerprint density at radius 3 is 1.68 bits per heavy atom. The van der Waals surface area contributed by atoms with Crippen LogP contribution in [0.25, 0.3) is 11.1 Å². The van der Waals surface area contributed by atoms with Gasteiger partial charge in [0.15, 0.2) is 0 Å². The fraction of sp³-hybridized carbons (Fsp3) is 0.0333. The van der Waals surface area contributed by atoms with Crippen LogP contribution in [0.5, 0.6) is 0 Å². The van der Waals surface area contributed by atoms with Crippen molar-refractivity contribution >= 4 is 41.1 Å². The molecule has 4 aromatic rings. The molecular weight excluding hydrogens is 516 g/mol. The highest BCUT2D eigenvalue weighted by Gasteiger charge is 2.31. The molecule has 3 N–H and O–H groups in total. The van der Waals surface area contributed by atoms with Crippen LogP contribution in [0.4, 0.5) is 11.4 Å². The van der Waals surface area contributed by atoms with Gasteiger partial charge in [0.05, 0.1) is 16.7 Å². The van der Waals surface area contributed by atoms with Crippen molar-refractivity contribution in [3.8, 4) is 11.1 Å². The van der Waals surface area contributed by atoms with Gasteiger partial charge in [-0.1, -0.05) is 30.3 Å². The topological polar surface area (TPSA) is 148 Å². The van der Waals surface area contributed by atoms with Crippen LogP contribution < -0.4 is 10.6 Å². The molecule has 2 aliphatic heterocycles. The number of ether oxygens (including phenoxy) is 2. The van der Waals surface area contributed by atoms with Crippen molar-refractivity contribution < 1.29 is 38.6 Å². The quantitative estimate of drug-likeness (QED) is 0.253. The maximum Gasteiger partial charge on any atom is 0.346 e. The minimum Gasteiger partial charge on any atom is -0.428 e. The Morgan fingerprint density at radius 1 is 0.600 bits per heavy atom. The normalized spacial score (nSPS) is 15.1. The Hall–Kier alpha value is -5.61. The smallest absolute Gasteiger partial charge is 0.346 e. The third-order valence-corrected chi connectivity index (χ3v) is 6.55. The van der Waals surface area contributed by atoms with Crippen molar-refractivity contribution in [3.05, 3.63) is 118 Å². The Balaban J connectivity index is 1.10. The lowest BCUT2D eigenvalue weighted by atomic mass is 10.0. The van der Waals surface area contributed by atoms with E-state index < -0.39 is 36.0 Å². The predicted octanol–water partition coefficient (Wildman–Crippen LogP) is 4.33. The summed E-state index contributed by atoms with van der Waals surface area (Å²) in [5.74, 6) is -3.05. The molecule has 0 bridgehead atoms. The van der Waals surface area contributed by atoms with Gasteiger partial charge in [-0.15, -0.1) is 0 Å². The maximum absolute atomic E-state index is 12.7. The minimum atomic E-state index is -1.32. The summed E-state index contributed by atoms with van der Waals surface area (Å²) in [6.07, 6.45) is -1.32. The molecule has 0 fully saturated rings. The number of carbonyl (C=O) groups excluding carboxylic acids is 5. The summed E-state index contributed by atoms with van der Waals surface area (Å²) < 4.78 is 9.30. The fourth-order valence-electron chi connectivity index (χ4n) is 4.44. The summed E-state index contributed by atoms with van der Waals surface area (Å²) in [7, 11) is 0. The van der Waals surface area contributed by atoms with Crippen molar-refractivity contribution in [2.45, 2.75) is 6.29 Å². The van der Waals surface area contributed by atoms with Crippen molar-refractivity contribution in [2.24, 2.45) is 0 Å². The molecule has 4 aromatic carbocycles. The number of anilines is 2. The molecule has 10 nitrogen and oxygen atoms in total. The van der Waals surface area contributed by atoms with Crippen LogP contribution >= 0.6 is 0 Å². The summed E-state index contributed by atoms with van der Waals surface area (Å²) in [5.41, 5.74) is 3.94. The van der Waals surface area contributed by atoms with E-state index in [1.54, 1.807) is 24.3 Å². The first-order valence-electron chi connectivity index (χ1n) is 12.0. The number of hydrogen-bond donors (Lipinski definition) is 3. The molecule has 2 heterocycles. The largest absolute Gasteiger partial charge is 0.428 e. The number of nitrogens with one attached hydrogen (secondary N) is 2. The van der Waals surface area contributed by atoms with Crippen LogP contribution in [0.3, 0.4) is 0 Å². The van der Waals surface area contributed by atoms with E-state index in [0.29, 0.717) is 16.9 Å². The number of aliphatic hydroxyl groups is 1. The number of fused-ring (bicyclic) bond motifs is 2. The van der Waals surface area contributed by atoms with Crippen molar-refractivity contribution in [3.63, 3.8) is 0 Å². The maximum atomic E-state index is 12.7. The van der Waals surface area contributed by atoms with Gasteiger partial charge in [0.1, 0.15) is 0 Å². The molecule has 6 rings (SSSR count). The summed E-state index contributed by atoms with van der Waals surface area (Å²) in [6.45, 7) is 0. The summed E-state index contributed by atoms with van der Waals surface area (Å²) in [4.78, 5) is 60.5. The van der Waals surface area contributed by atoms with E-state index in [4.69, 9.17) is 4.74 Å². The van der Waals surface area contributed by atoms with Crippen molar-refractivity contribution in [1.29, 1.82) is 0 Å². The number of hydrogen-bond acceptors (Lipinski definition) is 8. The lowest BCUT2D eigenvalue weighted by Gasteiger charge is -2.09. The number of esters is 3. The third-order valence-electron chi connectivity index (χ3n) is 6.55. The predicted molar refractivity (Wildman–Crippen MR) is 141 cm³/mol. The van der Waals surface area contributed by atoms with E-state index in [1.165, 1.54) is 36.4 Å². The molecule has 2 amide bonds. The highest BCUT2D eigenvalue weighted by molar-refractivity contribution is 6.16. The molecule has 0 aromatic heterocycles. The van der Waals surface area contributed by atoms with Crippen LogP contribution in [-0.4, -0.2) is 34.8 Å². The molecule has 0 saturated heterocycles. The van der Waals surface area contributed by atoms with E-state index in [9.17, 15) is 29.1 Å². The van der Waals surface area contributed by atoms with Gasteiger partial charge in [0, 0.05) is 28.1 Å². The monoisotopic (exact) mass is 534 g/mol. The van der Waals surface area contributed by atoms with E-state index in [0.717, 1.165) is 11.1 Å². The average Bonchev–Trinajstić information content (AvgIpc) is 3.41. The molecule has 10 heteroatoms. The van der Waals surface area contributed by atoms with Gasteiger partial charge in [-0.05, 0) is 65.7 Å². The van der Waals surface area contributed by atoms with E-state index in [2.05, 4.69) is 15.4 Å². The van der Waals surface area contributed by atoms with Gasteiger partial charge in [-0.3, -0.25) is 9.59 Å². The number of aliphatic hydroxyl groups excluding tert-OH is 1. The van der Waals surface area contributed by atoms with Crippen LogP contribution in [-0.2, 0) is 9.47 Å². The van der Waals surface area contributed by atoms with Gasteiger partial charge < -0.3 is 25.2 Å². The Labute approximate surface area is 226 Å². The second kappa shape index (κ2) is 9.61. The highest BCUT2D eigenvalue weighted by atomic mass is 16.6. The zero-order chi connectivity index (χ0) is 28.0. The SMILES string of the molecule is O=C(Nc1ccc(-c2ccc(NC(=O)c3ccc4c(c3)C(=O)OC4O)cc2)cc1)c1ccc2c(c1)C(=O)OC2=O. The first-order valence-corrected chi connectivity index (χ1v) is 12.0. The van der Waals surface area contributed by atoms with E-state index >= 15 is 0 Å². The summed E-state index contributed by atoms with van der Waals surface area (Å²) in [5, 5.41) is 15.2. The molecule has 1 unspecified atom stereocenters. The van der Waals surface area contributed by atoms with Crippen molar-refractivity contribution in [2.75, 3.05) is 10.6 Å². The zero-order valence-corrected chi connectivity index (χ0v) is 20.5. The molecule has 40 heavy (non-hydrogen) atoms. The second-order valence-electron chi connectivity index (χ2n) is 9.06. The second-order valence-corrected chi connectivity index (χ2v) is 9.06. The van der Waals surface area contributed by atoms with Crippen LogP contribution in [0.1, 0.15) is 63.6 Å². The first kappa shape index (κ1) is 24.7. The van der Waals surface area contributed by atoms with Gasteiger partial charge in [-0.2, -0.15) is 0 Å². The molecule has 1 atom stereocenters. The van der Waals surface area contributed by atoms with Gasteiger partial charge in [0.25, 0.3) is 11.8 Å². The van der Waals surface area contributed by atoms with Crippen LogP contribution in [0.2, 0.25) is 0 Å². The van der Waals surface area contributed by atoms with Crippen molar-refractivity contribution in [1.82, 2.24) is 0 Å². The molecular formula is C30H18N2O8. The standard InChI is InChI=1S/C30H18N2O8/c33-25(17-5-11-21-23(13-17)29(37)39-27(21)35)31-19-7-1-15(2-8-19)16-3-9-20(10-4-16)32-26(34)18-6-12-22-24(14-18)30(38)40-28(22)36/h1-14,27,35H,(H,31,33)(H,32,34). The molecule has 0 spiro atoms. The van der Waals surface area contributed by atoms with Gasteiger partial charge in [0.2, 0.25) is 6.29 Å². The molecule has 0 saturated carbocycles.